The molecular weight excluding hydrogens is 276 g/mol. The molecule has 21 heavy (non-hydrogen) atoms. The quantitative estimate of drug-likeness (QED) is 0.901. The van der Waals surface area contributed by atoms with E-state index < -0.39 is 28.7 Å². The van der Waals surface area contributed by atoms with Crippen molar-refractivity contribution < 1.29 is 18.7 Å². The van der Waals surface area contributed by atoms with Crippen LogP contribution in [-0.4, -0.2) is 23.2 Å². The van der Waals surface area contributed by atoms with Crippen LogP contribution < -0.4 is 5.32 Å². The topological polar surface area (TPSA) is 49.3 Å². The first-order valence-corrected chi connectivity index (χ1v) is 7.17. The van der Waals surface area contributed by atoms with Crippen LogP contribution in [0, 0.1) is 17.0 Å². The summed E-state index contributed by atoms with van der Waals surface area (Å²) >= 11 is 0. The number of aliphatic hydroxyl groups is 1. The van der Waals surface area contributed by atoms with E-state index in [1.807, 2.05) is 0 Å². The average molecular weight is 297 g/mol. The number of hydrogen-bond acceptors (Lipinski definition) is 2. The lowest BCUT2D eigenvalue weighted by Gasteiger charge is -2.40. The molecule has 0 atom stereocenters. The Kier molecular flexibility index (Phi) is 4.33. The van der Waals surface area contributed by atoms with Crippen LogP contribution in [0.1, 0.15) is 49.9 Å². The molecule has 0 aromatic heterocycles. The minimum Gasteiger partial charge on any atom is -0.388 e. The van der Waals surface area contributed by atoms with Gasteiger partial charge in [0.1, 0.15) is 17.2 Å². The van der Waals surface area contributed by atoms with Gasteiger partial charge in [-0.15, -0.1) is 0 Å². The lowest BCUT2D eigenvalue weighted by molar-refractivity contribution is -0.0233. The highest BCUT2D eigenvalue weighted by Crippen LogP contribution is 2.39. The van der Waals surface area contributed by atoms with Crippen molar-refractivity contribution in [3.05, 3.63) is 35.4 Å². The fourth-order valence-electron chi connectivity index (χ4n) is 2.62. The van der Waals surface area contributed by atoms with E-state index in [1.165, 1.54) is 6.07 Å². The zero-order chi connectivity index (χ0) is 15.7. The molecule has 0 unspecified atom stereocenters. The molecule has 1 aliphatic rings. The van der Waals surface area contributed by atoms with Gasteiger partial charge < -0.3 is 10.4 Å². The molecular formula is C16H21F2NO2. The summed E-state index contributed by atoms with van der Waals surface area (Å²) in [7, 11) is 0. The fourth-order valence-corrected chi connectivity index (χ4v) is 2.62. The molecule has 1 fully saturated rings. The Labute approximate surface area is 123 Å². The predicted octanol–water partition coefficient (Wildman–Crippen LogP) is 3.03. The van der Waals surface area contributed by atoms with Gasteiger partial charge in [-0.1, -0.05) is 19.9 Å². The van der Waals surface area contributed by atoms with Gasteiger partial charge in [-0.3, -0.25) is 4.79 Å². The Bertz CT molecular complexity index is 513. The fraction of sp³-hybridized carbons (Fsp3) is 0.562. The van der Waals surface area contributed by atoms with Gasteiger partial charge in [0.05, 0.1) is 5.60 Å². The molecule has 5 heteroatoms. The van der Waals surface area contributed by atoms with E-state index in [2.05, 4.69) is 19.2 Å². The summed E-state index contributed by atoms with van der Waals surface area (Å²) in [6.45, 7) is 4.29. The Morgan fingerprint density at radius 2 is 1.71 bits per heavy atom. The van der Waals surface area contributed by atoms with Crippen LogP contribution in [-0.2, 0) is 0 Å². The summed E-state index contributed by atoms with van der Waals surface area (Å²) in [6.07, 6.45) is 2.85. The monoisotopic (exact) mass is 297 g/mol. The van der Waals surface area contributed by atoms with E-state index in [4.69, 9.17) is 0 Å². The number of halogens is 2. The van der Waals surface area contributed by atoms with Crippen molar-refractivity contribution in [2.45, 2.75) is 45.1 Å². The zero-order valence-corrected chi connectivity index (χ0v) is 12.4. The first-order valence-electron chi connectivity index (χ1n) is 7.17. The van der Waals surface area contributed by atoms with Crippen LogP contribution in [0.4, 0.5) is 8.78 Å². The van der Waals surface area contributed by atoms with Crippen molar-refractivity contribution in [2.75, 3.05) is 6.54 Å². The normalized spacial score (nSPS) is 20.0. The number of hydrogen-bond donors (Lipinski definition) is 2. The number of amides is 1. The lowest BCUT2D eigenvalue weighted by Crippen LogP contribution is -2.46. The summed E-state index contributed by atoms with van der Waals surface area (Å²) in [5.74, 6) is -2.63. The van der Waals surface area contributed by atoms with Crippen molar-refractivity contribution in [1.29, 1.82) is 0 Å². The van der Waals surface area contributed by atoms with Crippen molar-refractivity contribution in [1.82, 2.24) is 5.32 Å². The van der Waals surface area contributed by atoms with Crippen LogP contribution in [0.3, 0.4) is 0 Å². The molecule has 0 spiro atoms. The standard InChI is InChI=1S/C16H21F2NO2/c1-15(2)6-8-16(21,9-7-15)10-19-14(20)13-11(17)4-3-5-12(13)18/h3-5,21H,6-10H2,1-2H3,(H,19,20). The Morgan fingerprint density at radius 1 is 1.19 bits per heavy atom. The molecule has 1 saturated carbocycles. The van der Waals surface area contributed by atoms with Crippen molar-refractivity contribution in [3.8, 4) is 0 Å². The first kappa shape index (κ1) is 15.9. The van der Waals surface area contributed by atoms with E-state index in [-0.39, 0.29) is 12.0 Å². The number of benzene rings is 1. The largest absolute Gasteiger partial charge is 0.388 e. The summed E-state index contributed by atoms with van der Waals surface area (Å²) in [6, 6.07) is 3.28. The summed E-state index contributed by atoms with van der Waals surface area (Å²) in [5, 5.41) is 12.9. The Balaban J connectivity index is 1.99. The molecule has 0 aliphatic heterocycles. The molecule has 0 heterocycles. The lowest BCUT2D eigenvalue weighted by atomic mass is 9.71. The third-order valence-electron chi connectivity index (χ3n) is 4.30. The number of carbonyl (C=O) groups excluding carboxylic acids is 1. The molecule has 1 aromatic carbocycles. The molecule has 0 bridgehead atoms. The van der Waals surface area contributed by atoms with E-state index in [0.29, 0.717) is 12.8 Å². The smallest absolute Gasteiger partial charge is 0.257 e. The van der Waals surface area contributed by atoms with Gasteiger partial charge in [0.2, 0.25) is 0 Å². The van der Waals surface area contributed by atoms with Gasteiger partial charge >= 0.3 is 0 Å². The van der Waals surface area contributed by atoms with Crippen molar-refractivity contribution in [3.63, 3.8) is 0 Å². The summed E-state index contributed by atoms with van der Waals surface area (Å²) in [4.78, 5) is 11.9. The highest BCUT2D eigenvalue weighted by molar-refractivity contribution is 5.94. The Morgan fingerprint density at radius 3 is 2.24 bits per heavy atom. The first-order chi connectivity index (χ1) is 9.72. The zero-order valence-electron chi connectivity index (χ0n) is 12.4. The second-order valence-electron chi connectivity index (χ2n) is 6.67. The van der Waals surface area contributed by atoms with E-state index >= 15 is 0 Å². The molecule has 0 radical (unpaired) electrons. The van der Waals surface area contributed by atoms with E-state index in [0.717, 1.165) is 25.0 Å². The van der Waals surface area contributed by atoms with Crippen molar-refractivity contribution in [2.24, 2.45) is 5.41 Å². The van der Waals surface area contributed by atoms with Gasteiger partial charge in [0.25, 0.3) is 5.91 Å². The molecule has 3 nitrogen and oxygen atoms in total. The molecule has 1 amide bonds. The minimum atomic E-state index is -0.993. The molecule has 2 N–H and O–H groups in total. The molecule has 116 valence electrons. The number of nitrogens with one attached hydrogen (secondary N) is 1. The molecule has 1 aliphatic carbocycles. The maximum atomic E-state index is 13.5. The van der Waals surface area contributed by atoms with Crippen LogP contribution in [0.15, 0.2) is 18.2 Å². The van der Waals surface area contributed by atoms with Crippen molar-refractivity contribution >= 4 is 5.91 Å². The van der Waals surface area contributed by atoms with Gasteiger partial charge in [-0.05, 0) is 43.2 Å². The van der Waals surface area contributed by atoms with Crippen LogP contribution in [0.25, 0.3) is 0 Å². The van der Waals surface area contributed by atoms with Gasteiger partial charge in [-0.2, -0.15) is 0 Å². The van der Waals surface area contributed by atoms with Crippen LogP contribution in [0.2, 0.25) is 0 Å². The van der Waals surface area contributed by atoms with Gasteiger partial charge in [0.15, 0.2) is 0 Å². The highest BCUT2D eigenvalue weighted by atomic mass is 19.1. The average Bonchev–Trinajstić information content (AvgIpc) is 2.41. The molecule has 0 saturated heterocycles. The minimum absolute atomic E-state index is 0.00961. The maximum absolute atomic E-state index is 13.5. The van der Waals surface area contributed by atoms with E-state index in [1.54, 1.807) is 0 Å². The summed E-state index contributed by atoms with van der Waals surface area (Å²) in [5.41, 5.74) is -1.40. The molecule has 2 rings (SSSR count). The third kappa shape index (κ3) is 3.79. The number of carbonyl (C=O) groups is 1. The second kappa shape index (κ2) is 5.72. The predicted molar refractivity (Wildman–Crippen MR) is 75.9 cm³/mol. The summed E-state index contributed by atoms with van der Waals surface area (Å²) < 4.78 is 27.0. The molecule has 1 aromatic rings. The highest BCUT2D eigenvalue weighted by Gasteiger charge is 2.37. The number of rotatable bonds is 3. The SMILES string of the molecule is CC1(C)CCC(O)(CNC(=O)c2c(F)cccc2F)CC1. The van der Waals surface area contributed by atoms with Crippen LogP contribution in [0.5, 0.6) is 0 Å². The van der Waals surface area contributed by atoms with Gasteiger partial charge in [-0.25, -0.2) is 8.78 Å². The maximum Gasteiger partial charge on any atom is 0.257 e. The van der Waals surface area contributed by atoms with Crippen LogP contribution >= 0.6 is 0 Å². The second-order valence-corrected chi connectivity index (χ2v) is 6.67. The Hall–Kier alpha value is -1.49. The third-order valence-corrected chi connectivity index (χ3v) is 4.30. The van der Waals surface area contributed by atoms with Gasteiger partial charge in [0, 0.05) is 6.54 Å². The van der Waals surface area contributed by atoms with E-state index in [9.17, 15) is 18.7 Å².